The second kappa shape index (κ2) is 9.50. The van der Waals surface area contributed by atoms with Crippen molar-refractivity contribution >= 4 is 19.2 Å². The molecule has 0 aromatic carbocycles. The summed E-state index contributed by atoms with van der Waals surface area (Å²) < 4.78 is 0. The number of allylic oxidation sites excluding steroid dienone is 1. The summed E-state index contributed by atoms with van der Waals surface area (Å²) in [6, 6.07) is 0. The van der Waals surface area contributed by atoms with Gasteiger partial charge in [0.05, 0.1) is 0 Å². The van der Waals surface area contributed by atoms with Crippen molar-refractivity contribution in [1.29, 1.82) is 0 Å². The van der Waals surface area contributed by atoms with Gasteiger partial charge >= 0.3 is 0 Å². The van der Waals surface area contributed by atoms with Crippen LogP contribution in [0.1, 0.15) is 33.6 Å². The topological polar surface area (TPSA) is 12.0 Å². The second-order valence-corrected chi connectivity index (χ2v) is 8.14. The number of nitrogens with one attached hydrogen (secondary N) is 1. The third kappa shape index (κ3) is 7.70. The standard InChI is InChI=1S/C13H28NPS/c1-6-7-8-13(3,4)12(2)11-15-16-10-9-14-5/h6,12,14-15H,1,7-11H2,2-5H3. The molecule has 3 heteroatoms. The Morgan fingerprint density at radius 2 is 2.19 bits per heavy atom. The molecule has 0 rings (SSSR count). The first-order valence-electron chi connectivity index (χ1n) is 6.14. The van der Waals surface area contributed by atoms with Crippen LogP contribution in [0.15, 0.2) is 12.7 Å². The van der Waals surface area contributed by atoms with Crippen LogP contribution in [-0.2, 0) is 0 Å². The van der Waals surface area contributed by atoms with Gasteiger partial charge in [-0.1, -0.05) is 34.6 Å². The highest BCUT2D eigenvalue weighted by molar-refractivity contribution is 8.49. The van der Waals surface area contributed by atoms with Crippen LogP contribution in [-0.4, -0.2) is 25.5 Å². The average molecular weight is 261 g/mol. The predicted molar refractivity (Wildman–Crippen MR) is 81.9 cm³/mol. The zero-order valence-electron chi connectivity index (χ0n) is 11.3. The number of hydrogen-bond acceptors (Lipinski definition) is 2. The minimum Gasteiger partial charge on any atom is -0.319 e. The van der Waals surface area contributed by atoms with E-state index in [4.69, 9.17) is 0 Å². The Labute approximate surface area is 108 Å². The summed E-state index contributed by atoms with van der Waals surface area (Å²) in [7, 11) is 3.07. The Balaban J connectivity index is 3.68. The van der Waals surface area contributed by atoms with Crippen LogP contribution < -0.4 is 5.32 Å². The second-order valence-electron chi connectivity index (χ2n) is 5.02. The van der Waals surface area contributed by atoms with Gasteiger partial charge < -0.3 is 5.32 Å². The van der Waals surface area contributed by atoms with Gasteiger partial charge in [0, 0.05) is 12.3 Å². The molecule has 0 bridgehead atoms. The largest absolute Gasteiger partial charge is 0.319 e. The van der Waals surface area contributed by atoms with Crippen molar-refractivity contribution in [2.75, 3.05) is 25.5 Å². The quantitative estimate of drug-likeness (QED) is 0.360. The first-order chi connectivity index (χ1) is 7.54. The van der Waals surface area contributed by atoms with Gasteiger partial charge in [-0.2, -0.15) is 0 Å². The van der Waals surface area contributed by atoms with Gasteiger partial charge in [-0.25, -0.2) is 0 Å². The van der Waals surface area contributed by atoms with Gasteiger partial charge in [0.2, 0.25) is 0 Å². The molecular formula is C13H28NPS. The van der Waals surface area contributed by atoms with Crippen molar-refractivity contribution in [1.82, 2.24) is 5.32 Å². The van der Waals surface area contributed by atoms with E-state index in [2.05, 4.69) is 44.0 Å². The third-order valence-electron chi connectivity index (χ3n) is 3.27. The molecule has 0 heterocycles. The lowest BCUT2D eigenvalue weighted by Gasteiger charge is -2.31. The number of rotatable bonds is 10. The first kappa shape index (κ1) is 16.5. The summed E-state index contributed by atoms with van der Waals surface area (Å²) >= 11 is 2.09. The van der Waals surface area contributed by atoms with Crippen LogP contribution in [0.2, 0.25) is 0 Å². The average Bonchev–Trinajstić information content (AvgIpc) is 2.26. The van der Waals surface area contributed by atoms with E-state index in [0.717, 1.165) is 26.7 Å². The fourth-order valence-corrected chi connectivity index (χ4v) is 4.62. The van der Waals surface area contributed by atoms with E-state index >= 15 is 0 Å². The highest BCUT2D eigenvalue weighted by atomic mass is 32.7. The van der Waals surface area contributed by atoms with Crippen molar-refractivity contribution in [3.63, 3.8) is 0 Å². The molecule has 0 radical (unpaired) electrons. The van der Waals surface area contributed by atoms with E-state index in [1.54, 1.807) is 0 Å². The van der Waals surface area contributed by atoms with E-state index in [-0.39, 0.29) is 0 Å². The normalized spacial score (nSPS) is 14.5. The van der Waals surface area contributed by atoms with E-state index in [9.17, 15) is 0 Å². The van der Waals surface area contributed by atoms with Crippen molar-refractivity contribution in [3.8, 4) is 0 Å². The van der Waals surface area contributed by atoms with Crippen LogP contribution >= 0.6 is 19.2 Å². The van der Waals surface area contributed by atoms with E-state index in [1.165, 1.54) is 18.3 Å². The monoisotopic (exact) mass is 261 g/mol. The fourth-order valence-electron chi connectivity index (χ4n) is 1.41. The maximum Gasteiger partial charge on any atom is 0.00970 e. The lowest BCUT2D eigenvalue weighted by atomic mass is 9.77. The maximum absolute atomic E-state index is 3.81. The molecular weight excluding hydrogens is 233 g/mol. The highest BCUT2D eigenvalue weighted by Crippen LogP contribution is 2.39. The Hall–Kier alpha value is 0.480. The third-order valence-corrected chi connectivity index (χ3v) is 6.39. The molecule has 0 amide bonds. The van der Waals surface area contributed by atoms with E-state index in [0.29, 0.717) is 5.41 Å². The summed E-state index contributed by atoms with van der Waals surface area (Å²) in [4.78, 5) is 0. The molecule has 1 nitrogen and oxygen atoms in total. The van der Waals surface area contributed by atoms with Gasteiger partial charge in [0.15, 0.2) is 0 Å². The van der Waals surface area contributed by atoms with Crippen molar-refractivity contribution in [2.24, 2.45) is 11.3 Å². The molecule has 0 spiro atoms. The smallest absolute Gasteiger partial charge is 0.00970 e. The van der Waals surface area contributed by atoms with E-state index in [1.807, 2.05) is 13.1 Å². The molecule has 0 aliphatic rings. The molecule has 0 fully saturated rings. The molecule has 2 unspecified atom stereocenters. The molecule has 0 saturated heterocycles. The molecule has 2 atom stereocenters. The fraction of sp³-hybridized carbons (Fsp3) is 0.846. The van der Waals surface area contributed by atoms with Crippen molar-refractivity contribution in [3.05, 3.63) is 12.7 Å². The number of hydrogen-bond donors (Lipinski definition) is 1. The highest BCUT2D eigenvalue weighted by Gasteiger charge is 2.24. The van der Waals surface area contributed by atoms with Crippen LogP contribution in [0.4, 0.5) is 0 Å². The van der Waals surface area contributed by atoms with Crippen molar-refractivity contribution < 1.29 is 0 Å². The molecule has 0 saturated carbocycles. The van der Waals surface area contributed by atoms with Gasteiger partial charge in [0.1, 0.15) is 0 Å². The molecule has 0 aliphatic carbocycles. The van der Waals surface area contributed by atoms with Gasteiger partial charge in [-0.3, -0.25) is 0 Å². The van der Waals surface area contributed by atoms with E-state index < -0.39 is 0 Å². The van der Waals surface area contributed by atoms with Gasteiger partial charge in [0.25, 0.3) is 0 Å². The molecule has 0 aliphatic heterocycles. The molecule has 0 aromatic rings. The molecule has 0 aromatic heterocycles. The predicted octanol–water partition coefficient (Wildman–Crippen LogP) is 4.16. The summed E-state index contributed by atoms with van der Waals surface area (Å²) in [6.07, 6.45) is 5.81. The maximum atomic E-state index is 3.81. The van der Waals surface area contributed by atoms with Gasteiger partial charge in [-0.05, 0) is 37.4 Å². The Morgan fingerprint density at radius 1 is 1.50 bits per heavy atom. The van der Waals surface area contributed by atoms with Crippen LogP contribution in [0, 0.1) is 11.3 Å². The zero-order chi connectivity index (χ0) is 12.4. The van der Waals surface area contributed by atoms with Gasteiger partial charge in [-0.15, -0.1) is 18.0 Å². The summed E-state index contributed by atoms with van der Waals surface area (Å²) in [5, 5.41) is 3.19. The summed E-state index contributed by atoms with van der Waals surface area (Å²) in [6.45, 7) is 12.1. The minimum atomic E-state index is 0.463. The Kier molecular flexibility index (Phi) is 9.79. The molecule has 96 valence electrons. The first-order valence-corrected chi connectivity index (χ1v) is 9.06. The SMILES string of the molecule is C=CCCC(C)(C)C(C)CPSCCNC. The summed E-state index contributed by atoms with van der Waals surface area (Å²) in [5.41, 5.74) is 0.463. The van der Waals surface area contributed by atoms with Crippen LogP contribution in [0.3, 0.4) is 0 Å². The van der Waals surface area contributed by atoms with Crippen LogP contribution in [0.25, 0.3) is 0 Å². The Bertz CT molecular complexity index is 183. The lowest BCUT2D eigenvalue weighted by molar-refractivity contribution is 0.235. The molecule has 16 heavy (non-hydrogen) atoms. The van der Waals surface area contributed by atoms with Crippen LogP contribution in [0.5, 0.6) is 0 Å². The molecule has 1 N–H and O–H groups in total. The summed E-state index contributed by atoms with van der Waals surface area (Å²) in [5.74, 6) is 2.06. The lowest BCUT2D eigenvalue weighted by Crippen LogP contribution is -2.22. The Morgan fingerprint density at radius 3 is 2.75 bits per heavy atom. The zero-order valence-corrected chi connectivity index (χ0v) is 13.1. The minimum absolute atomic E-state index is 0.463. The van der Waals surface area contributed by atoms with Crippen molar-refractivity contribution in [2.45, 2.75) is 33.6 Å².